The van der Waals surface area contributed by atoms with Crippen LogP contribution in [-0.4, -0.2) is 11.7 Å². The molecule has 3 heteroatoms. The van der Waals surface area contributed by atoms with Gasteiger partial charge >= 0.3 is 0 Å². The smallest absolute Gasteiger partial charge is 0.115 e. The maximum atomic E-state index is 12.1. The lowest BCUT2D eigenvalue weighted by Gasteiger charge is -2.01. The number of hydrogen-bond acceptors (Lipinski definition) is 2. The van der Waals surface area contributed by atoms with Crippen molar-refractivity contribution >= 4 is 5.57 Å². The van der Waals surface area contributed by atoms with Crippen LogP contribution in [0, 0.1) is 0 Å². The van der Waals surface area contributed by atoms with E-state index >= 15 is 0 Å². The zero-order chi connectivity index (χ0) is 8.97. The van der Waals surface area contributed by atoms with Gasteiger partial charge in [0.2, 0.25) is 0 Å². The van der Waals surface area contributed by atoms with Crippen LogP contribution >= 0.6 is 0 Å². The Morgan fingerprint density at radius 1 is 1.42 bits per heavy atom. The average molecular weight is 167 g/mol. The molecule has 0 bridgehead atoms. The molecule has 3 N–H and O–H groups in total. The molecule has 0 aliphatic rings. The summed E-state index contributed by atoms with van der Waals surface area (Å²) in [7, 11) is 0. The molecule has 64 valence electrons. The molecule has 0 unspecified atom stereocenters. The van der Waals surface area contributed by atoms with Gasteiger partial charge in [-0.2, -0.15) is 0 Å². The second-order valence-electron chi connectivity index (χ2n) is 2.39. The minimum Gasteiger partial charge on any atom is -0.508 e. The van der Waals surface area contributed by atoms with E-state index in [-0.39, 0.29) is 12.3 Å². The third-order valence-corrected chi connectivity index (χ3v) is 1.59. The number of phenolic OH excluding ortho intramolecular Hbond substituents is 1. The van der Waals surface area contributed by atoms with E-state index < -0.39 is 0 Å². The van der Waals surface area contributed by atoms with Crippen LogP contribution in [0.1, 0.15) is 5.56 Å². The van der Waals surface area contributed by atoms with Crippen LogP contribution in [-0.2, 0) is 0 Å². The minimum atomic E-state index is 0.154. The molecular formula is C9H10FNO. The summed E-state index contributed by atoms with van der Waals surface area (Å²) in [6.07, 6.45) is 0.479. The number of nitrogens with two attached hydrogens (primary N) is 1. The molecule has 0 saturated heterocycles. The van der Waals surface area contributed by atoms with Crippen LogP contribution in [0.4, 0.5) is 4.39 Å². The molecule has 0 aliphatic heterocycles. The largest absolute Gasteiger partial charge is 0.508 e. The number of phenols is 1. The molecule has 1 aromatic rings. The fraction of sp³-hybridized carbons (Fsp3) is 0.111. The Hall–Kier alpha value is -1.35. The Morgan fingerprint density at radius 2 is 2.00 bits per heavy atom. The highest BCUT2D eigenvalue weighted by Crippen LogP contribution is 2.16. The van der Waals surface area contributed by atoms with Crippen LogP contribution in [0.25, 0.3) is 5.57 Å². The first-order valence-corrected chi connectivity index (χ1v) is 3.56. The molecular weight excluding hydrogens is 157 g/mol. The second kappa shape index (κ2) is 3.88. The van der Waals surface area contributed by atoms with Crippen molar-refractivity contribution in [3.63, 3.8) is 0 Å². The predicted molar refractivity (Wildman–Crippen MR) is 46.2 cm³/mol. The summed E-state index contributed by atoms with van der Waals surface area (Å²) in [5.74, 6) is 0.161. The summed E-state index contributed by atoms with van der Waals surface area (Å²) < 4.78 is 12.1. The van der Waals surface area contributed by atoms with Crippen molar-refractivity contribution in [3.05, 3.63) is 36.2 Å². The summed E-state index contributed by atoms with van der Waals surface area (Å²) in [5.41, 5.74) is 6.40. The van der Waals surface area contributed by atoms with Crippen molar-refractivity contribution in [2.24, 2.45) is 5.73 Å². The zero-order valence-corrected chi connectivity index (χ0v) is 6.50. The Bertz CT molecular complexity index is 279. The van der Waals surface area contributed by atoms with E-state index in [1.54, 1.807) is 12.1 Å². The van der Waals surface area contributed by atoms with Gasteiger partial charge in [0.1, 0.15) is 5.75 Å². The molecule has 1 rings (SSSR count). The third kappa shape index (κ3) is 1.83. The fourth-order valence-electron chi connectivity index (χ4n) is 0.901. The van der Waals surface area contributed by atoms with E-state index in [9.17, 15) is 4.39 Å². The van der Waals surface area contributed by atoms with E-state index in [4.69, 9.17) is 10.8 Å². The van der Waals surface area contributed by atoms with Gasteiger partial charge in [0, 0.05) is 12.1 Å². The summed E-state index contributed by atoms with van der Waals surface area (Å²) >= 11 is 0. The van der Waals surface area contributed by atoms with Gasteiger partial charge in [0.25, 0.3) is 0 Å². The van der Waals surface area contributed by atoms with Crippen LogP contribution < -0.4 is 5.73 Å². The quantitative estimate of drug-likeness (QED) is 0.703. The Labute approximate surface area is 70.1 Å². The lowest BCUT2D eigenvalue weighted by atomic mass is 10.1. The molecule has 1 aromatic carbocycles. The lowest BCUT2D eigenvalue weighted by Crippen LogP contribution is -2.01. The SMILES string of the molecule is NCC(=CF)c1ccc(O)cc1. The number of aromatic hydroxyl groups is 1. The summed E-state index contributed by atoms with van der Waals surface area (Å²) in [6, 6.07) is 6.23. The van der Waals surface area contributed by atoms with Crippen molar-refractivity contribution in [2.75, 3.05) is 6.54 Å². The molecule has 0 atom stereocenters. The molecule has 0 aromatic heterocycles. The van der Waals surface area contributed by atoms with Gasteiger partial charge in [-0.25, -0.2) is 4.39 Å². The normalized spacial score (nSPS) is 11.7. The fourth-order valence-corrected chi connectivity index (χ4v) is 0.901. The van der Waals surface area contributed by atoms with Crippen molar-refractivity contribution in [2.45, 2.75) is 0 Å². The van der Waals surface area contributed by atoms with Crippen molar-refractivity contribution in [1.29, 1.82) is 0 Å². The van der Waals surface area contributed by atoms with E-state index in [0.29, 0.717) is 17.5 Å². The molecule has 0 aliphatic carbocycles. The molecule has 2 nitrogen and oxygen atoms in total. The first-order valence-electron chi connectivity index (χ1n) is 3.56. The van der Waals surface area contributed by atoms with Crippen LogP contribution in [0.3, 0.4) is 0 Å². The first kappa shape index (κ1) is 8.74. The van der Waals surface area contributed by atoms with E-state index in [1.165, 1.54) is 12.1 Å². The molecule has 0 amide bonds. The van der Waals surface area contributed by atoms with Crippen LogP contribution in [0.5, 0.6) is 5.75 Å². The second-order valence-corrected chi connectivity index (χ2v) is 2.39. The highest BCUT2D eigenvalue weighted by Gasteiger charge is 1.98. The van der Waals surface area contributed by atoms with Gasteiger partial charge < -0.3 is 10.8 Å². The standard InChI is InChI=1S/C9H10FNO/c10-5-8(6-11)7-1-3-9(12)4-2-7/h1-5,12H,6,11H2. The number of benzene rings is 1. The predicted octanol–water partition coefficient (Wildman–Crippen LogP) is 1.66. The van der Waals surface area contributed by atoms with Crippen molar-refractivity contribution in [3.8, 4) is 5.75 Å². The lowest BCUT2D eigenvalue weighted by molar-refractivity contribution is 0.475. The number of rotatable bonds is 2. The van der Waals surface area contributed by atoms with Crippen molar-refractivity contribution < 1.29 is 9.50 Å². The van der Waals surface area contributed by atoms with Gasteiger partial charge in [0.15, 0.2) is 0 Å². The van der Waals surface area contributed by atoms with Crippen molar-refractivity contribution in [1.82, 2.24) is 0 Å². The Kier molecular flexibility index (Phi) is 2.82. The van der Waals surface area contributed by atoms with E-state index in [0.717, 1.165) is 0 Å². The minimum absolute atomic E-state index is 0.154. The van der Waals surface area contributed by atoms with Gasteiger partial charge in [-0.3, -0.25) is 0 Å². The van der Waals surface area contributed by atoms with Gasteiger partial charge in [-0.15, -0.1) is 0 Å². The van der Waals surface area contributed by atoms with Crippen LogP contribution in [0.2, 0.25) is 0 Å². The van der Waals surface area contributed by atoms with E-state index in [2.05, 4.69) is 0 Å². The average Bonchev–Trinajstić information content (AvgIpc) is 2.10. The molecule has 0 spiro atoms. The summed E-state index contributed by atoms with van der Waals surface area (Å²) in [5, 5.41) is 8.94. The maximum Gasteiger partial charge on any atom is 0.115 e. The molecule has 0 radical (unpaired) electrons. The number of hydrogen-bond donors (Lipinski definition) is 2. The molecule has 0 fully saturated rings. The first-order chi connectivity index (χ1) is 5.77. The Balaban J connectivity index is 2.96. The monoisotopic (exact) mass is 167 g/mol. The topological polar surface area (TPSA) is 46.2 Å². The molecule has 12 heavy (non-hydrogen) atoms. The third-order valence-electron chi connectivity index (χ3n) is 1.59. The van der Waals surface area contributed by atoms with Gasteiger partial charge in [0.05, 0.1) is 6.33 Å². The summed E-state index contributed by atoms with van der Waals surface area (Å²) in [4.78, 5) is 0. The maximum absolute atomic E-state index is 12.1. The molecule has 0 heterocycles. The Morgan fingerprint density at radius 3 is 2.42 bits per heavy atom. The van der Waals surface area contributed by atoms with Gasteiger partial charge in [-0.05, 0) is 17.7 Å². The van der Waals surface area contributed by atoms with Crippen LogP contribution in [0.15, 0.2) is 30.6 Å². The highest BCUT2D eigenvalue weighted by atomic mass is 19.1. The molecule has 0 saturated carbocycles. The highest BCUT2D eigenvalue weighted by molar-refractivity contribution is 5.66. The van der Waals surface area contributed by atoms with Gasteiger partial charge in [-0.1, -0.05) is 12.1 Å². The zero-order valence-electron chi connectivity index (χ0n) is 6.50. The summed E-state index contributed by atoms with van der Waals surface area (Å²) in [6.45, 7) is 0.154. The number of halogens is 1. The van der Waals surface area contributed by atoms with E-state index in [1.807, 2.05) is 0 Å².